The minimum atomic E-state index is -4.87. The van der Waals surface area contributed by atoms with Crippen molar-refractivity contribution in [1.29, 1.82) is 0 Å². The summed E-state index contributed by atoms with van der Waals surface area (Å²) < 4.78 is 90.4. The molecule has 1 aliphatic carbocycles. The van der Waals surface area contributed by atoms with Gasteiger partial charge in [0.05, 0.1) is 22.2 Å². The standard InChI is InChI=1S/C25H15F6NO5/c26-17-5-1-12(9-15(17)22(34)35)21-16(24(27,28)29)4-3-14(32-21)11-20(33)23(7-8-23)13-2-6-18-19(10-13)37-25(30,31)36-18/h1-6,9-10H,7-8,11H2,(H,34,35). The van der Waals surface area contributed by atoms with E-state index in [4.69, 9.17) is 5.11 Å². The summed E-state index contributed by atoms with van der Waals surface area (Å²) in [6.45, 7) is 0. The molecule has 1 aliphatic heterocycles. The molecule has 0 bridgehead atoms. The smallest absolute Gasteiger partial charge is 0.478 e. The van der Waals surface area contributed by atoms with E-state index in [1.165, 1.54) is 18.2 Å². The summed E-state index contributed by atoms with van der Waals surface area (Å²) in [5.74, 6) is -3.63. The minimum absolute atomic E-state index is 0.0345. The van der Waals surface area contributed by atoms with E-state index in [-0.39, 0.29) is 29.2 Å². The van der Waals surface area contributed by atoms with Gasteiger partial charge < -0.3 is 14.6 Å². The Hall–Kier alpha value is -4.09. The third kappa shape index (κ3) is 4.47. The SMILES string of the molecule is O=C(O)c1cc(-c2nc(CC(=O)C3(c4ccc5c(c4)OC(F)(F)O5)CC3)ccc2C(F)(F)F)ccc1F. The lowest BCUT2D eigenvalue weighted by molar-refractivity contribution is -0.286. The summed E-state index contributed by atoms with van der Waals surface area (Å²) in [5.41, 5.74) is -3.66. The van der Waals surface area contributed by atoms with Gasteiger partial charge in [0.1, 0.15) is 11.6 Å². The van der Waals surface area contributed by atoms with E-state index in [1.807, 2.05) is 0 Å². The number of hydrogen-bond donors (Lipinski definition) is 1. The van der Waals surface area contributed by atoms with Crippen molar-refractivity contribution in [3.63, 3.8) is 0 Å². The third-order valence-corrected chi connectivity index (χ3v) is 6.31. The summed E-state index contributed by atoms with van der Waals surface area (Å²) >= 11 is 0. The maximum Gasteiger partial charge on any atom is 0.586 e. The molecule has 3 aromatic rings. The summed E-state index contributed by atoms with van der Waals surface area (Å²) in [6, 6.07) is 8.16. The first kappa shape index (κ1) is 24.6. The Labute approximate surface area is 204 Å². The number of Topliss-reactive ketones (excluding diaryl/α,β-unsaturated/α-hetero) is 1. The van der Waals surface area contributed by atoms with E-state index in [0.29, 0.717) is 18.4 Å². The molecule has 37 heavy (non-hydrogen) atoms. The van der Waals surface area contributed by atoms with Crippen molar-refractivity contribution in [1.82, 2.24) is 4.98 Å². The lowest BCUT2D eigenvalue weighted by atomic mass is 9.88. The van der Waals surface area contributed by atoms with Crippen molar-refractivity contribution >= 4 is 11.8 Å². The van der Waals surface area contributed by atoms with Crippen LogP contribution in [0.4, 0.5) is 26.3 Å². The van der Waals surface area contributed by atoms with Crippen LogP contribution in [0.25, 0.3) is 11.3 Å². The van der Waals surface area contributed by atoms with E-state index in [1.54, 1.807) is 0 Å². The zero-order chi connectivity index (χ0) is 26.8. The summed E-state index contributed by atoms with van der Waals surface area (Å²) in [5, 5.41) is 9.15. The largest absolute Gasteiger partial charge is 0.586 e. The van der Waals surface area contributed by atoms with Crippen molar-refractivity contribution in [3.8, 4) is 22.8 Å². The number of fused-ring (bicyclic) bond motifs is 1. The number of aromatic carboxylic acids is 1. The van der Waals surface area contributed by atoms with Crippen molar-refractivity contribution in [2.45, 2.75) is 37.1 Å². The maximum absolute atomic E-state index is 13.8. The topological polar surface area (TPSA) is 85.7 Å². The van der Waals surface area contributed by atoms with Crippen molar-refractivity contribution in [2.24, 2.45) is 0 Å². The van der Waals surface area contributed by atoms with Crippen molar-refractivity contribution < 1.29 is 50.5 Å². The summed E-state index contributed by atoms with van der Waals surface area (Å²) in [7, 11) is 0. The molecule has 1 aromatic heterocycles. The number of carboxylic acid groups (broad SMARTS) is 1. The Bertz CT molecular complexity index is 1450. The number of hydrogen-bond acceptors (Lipinski definition) is 5. The molecule has 1 N–H and O–H groups in total. The Morgan fingerprint density at radius 2 is 1.68 bits per heavy atom. The van der Waals surface area contributed by atoms with Gasteiger partial charge in [0.25, 0.3) is 0 Å². The molecule has 0 radical (unpaired) electrons. The molecule has 1 saturated carbocycles. The first-order valence-corrected chi connectivity index (χ1v) is 10.8. The molecular weight excluding hydrogens is 508 g/mol. The van der Waals surface area contributed by atoms with Crippen LogP contribution in [-0.2, 0) is 22.8 Å². The number of carbonyl (C=O) groups excluding carboxylic acids is 1. The van der Waals surface area contributed by atoms with Crippen LogP contribution in [0, 0.1) is 5.82 Å². The molecule has 6 nitrogen and oxygen atoms in total. The van der Waals surface area contributed by atoms with E-state index < -0.39 is 52.3 Å². The van der Waals surface area contributed by atoms with Crippen molar-refractivity contribution in [2.75, 3.05) is 0 Å². The molecule has 0 atom stereocenters. The third-order valence-electron chi connectivity index (χ3n) is 6.31. The van der Waals surface area contributed by atoms with Gasteiger partial charge in [0.2, 0.25) is 0 Å². The van der Waals surface area contributed by atoms with Crippen LogP contribution in [0.5, 0.6) is 11.5 Å². The normalized spacial score (nSPS) is 16.9. The van der Waals surface area contributed by atoms with Crippen LogP contribution in [0.2, 0.25) is 0 Å². The first-order valence-electron chi connectivity index (χ1n) is 10.8. The maximum atomic E-state index is 13.8. The zero-order valence-electron chi connectivity index (χ0n) is 18.5. The van der Waals surface area contributed by atoms with E-state index >= 15 is 0 Å². The highest BCUT2D eigenvalue weighted by Gasteiger charge is 2.52. The highest BCUT2D eigenvalue weighted by Crippen LogP contribution is 2.52. The molecule has 2 heterocycles. The number of alkyl halides is 5. The van der Waals surface area contributed by atoms with Gasteiger partial charge in [-0.05, 0) is 60.9 Å². The molecule has 1 fully saturated rings. The molecule has 2 aromatic carbocycles. The van der Waals surface area contributed by atoms with E-state index in [2.05, 4.69) is 14.5 Å². The fourth-order valence-electron chi connectivity index (χ4n) is 4.32. The average Bonchev–Trinajstić information content (AvgIpc) is 3.55. The quantitative estimate of drug-likeness (QED) is 0.413. The van der Waals surface area contributed by atoms with Crippen LogP contribution in [-0.4, -0.2) is 28.1 Å². The fourth-order valence-corrected chi connectivity index (χ4v) is 4.32. The zero-order valence-corrected chi connectivity index (χ0v) is 18.5. The Balaban J connectivity index is 1.47. The number of carboxylic acids is 1. The molecule has 0 unspecified atom stereocenters. The second-order valence-electron chi connectivity index (χ2n) is 8.71. The number of ether oxygens (including phenoxy) is 2. The Morgan fingerprint density at radius 1 is 0.973 bits per heavy atom. The molecule has 5 rings (SSSR count). The lowest BCUT2D eigenvalue weighted by Gasteiger charge is -2.17. The van der Waals surface area contributed by atoms with Gasteiger partial charge in [-0.15, -0.1) is 8.78 Å². The highest BCUT2D eigenvalue weighted by atomic mass is 19.4. The number of aromatic nitrogens is 1. The molecule has 12 heteroatoms. The molecule has 0 amide bonds. The number of ketones is 1. The van der Waals surface area contributed by atoms with Crippen LogP contribution in [0.1, 0.15) is 40.0 Å². The van der Waals surface area contributed by atoms with Gasteiger partial charge in [-0.1, -0.05) is 6.07 Å². The number of carbonyl (C=O) groups is 2. The highest BCUT2D eigenvalue weighted by molar-refractivity contribution is 5.94. The van der Waals surface area contributed by atoms with E-state index in [0.717, 1.165) is 30.3 Å². The predicted octanol–water partition coefficient (Wildman–Crippen LogP) is 5.77. The van der Waals surface area contributed by atoms with Crippen LogP contribution < -0.4 is 9.47 Å². The number of pyridine rings is 1. The van der Waals surface area contributed by atoms with Gasteiger partial charge in [-0.25, -0.2) is 9.18 Å². The minimum Gasteiger partial charge on any atom is -0.478 e. The summed E-state index contributed by atoms with van der Waals surface area (Å²) in [4.78, 5) is 28.5. The van der Waals surface area contributed by atoms with Gasteiger partial charge in [0, 0.05) is 17.7 Å². The van der Waals surface area contributed by atoms with Crippen molar-refractivity contribution in [3.05, 3.63) is 76.7 Å². The second-order valence-corrected chi connectivity index (χ2v) is 8.71. The monoisotopic (exact) mass is 523 g/mol. The van der Waals surface area contributed by atoms with Gasteiger partial charge in [0.15, 0.2) is 11.5 Å². The second kappa shape index (κ2) is 8.22. The van der Waals surface area contributed by atoms with Crippen LogP contribution in [0.15, 0.2) is 48.5 Å². The number of benzene rings is 2. The Kier molecular flexibility index (Phi) is 5.46. The predicted molar refractivity (Wildman–Crippen MR) is 114 cm³/mol. The van der Waals surface area contributed by atoms with Gasteiger partial charge >= 0.3 is 18.4 Å². The van der Waals surface area contributed by atoms with Gasteiger partial charge in [-0.2, -0.15) is 13.2 Å². The molecule has 2 aliphatic rings. The molecule has 0 saturated heterocycles. The van der Waals surface area contributed by atoms with Gasteiger partial charge in [-0.3, -0.25) is 9.78 Å². The molecule has 0 spiro atoms. The fraction of sp³-hybridized carbons (Fsp3) is 0.240. The van der Waals surface area contributed by atoms with Crippen LogP contribution >= 0.6 is 0 Å². The lowest BCUT2D eigenvalue weighted by Crippen LogP contribution is -2.26. The van der Waals surface area contributed by atoms with E-state index in [9.17, 15) is 35.9 Å². The first-order chi connectivity index (χ1) is 17.3. The summed E-state index contributed by atoms with van der Waals surface area (Å²) in [6.07, 6.45) is -8.31. The van der Waals surface area contributed by atoms with Crippen LogP contribution in [0.3, 0.4) is 0 Å². The molecular formula is C25H15F6NO5. The Morgan fingerprint density at radius 3 is 2.32 bits per heavy atom. The average molecular weight is 523 g/mol. The molecule has 192 valence electrons. The number of rotatable bonds is 6. The number of nitrogens with zero attached hydrogens (tertiary/aromatic N) is 1. The number of halogens is 6.